The largest absolute Gasteiger partial charge is 0.472 e. The topological polar surface area (TPSA) is 94.9 Å². The van der Waals surface area contributed by atoms with E-state index in [1.807, 2.05) is 13.8 Å². The second-order valence-corrected chi connectivity index (χ2v) is 5.94. The zero-order valence-corrected chi connectivity index (χ0v) is 13.7. The molecule has 2 aromatic rings. The Morgan fingerprint density at radius 3 is 3.04 bits per heavy atom. The van der Waals surface area contributed by atoms with Crippen molar-refractivity contribution in [2.75, 3.05) is 13.1 Å². The average Bonchev–Trinajstić information content (AvgIpc) is 2.93. The Morgan fingerprint density at radius 1 is 1.50 bits per heavy atom. The molecule has 1 aliphatic rings. The van der Waals surface area contributed by atoms with Gasteiger partial charge >= 0.3 is 0 Å². The van der Waals surface area contributed by atoms with E-state index in [0.29, 0.717) is 35.8 Å². The summed E-state index contributed by atoms with van der Waals surface area (Å²) < 4.78 is 5.88. The van der Waals surface area contributed by atoms with Crippen LogP contribution in [0.25, 0.3) is 0 Å². The quantitative estimate of drug-likeness (QED) is 0.931. The molecular weight excluding hydrogens is 306 g/mol. The van der Waals surface area contributed by atoms with Gasteiger partial charge in [-0.2, -0.15) is 10.4 Å². The molecule has 124 valence electrons. The molecule has 1 saturated heterocycles. The van der Waals surface area contributed by atoms with E-state index in [-0.39, 0.29) is 12.0 Å². The highest BCUT2D eigenvalue weighted by Crippen LogP contribution is 2.20. The maximum absolute atomic E-state index is 12.8. The van der Waals surface area contributed by atoms with E-state index < -0.39 is 0 Å². The number of likely N-dealkylation sites (tertiary alicyclic amines) is 1. The second kappa shape index (κ2) is 6.71. The smallest absolute Gasteiger partial charge is 0.257 e. The van der Waals surface area contributed by atoms with Crippen molar-refractivity contribution in [1.29, 1.82) is 5.26 Å². The molecule has 0 radical (unpaired) electrons. The van der Waals surface area contributed by atoms with Gasteiger partial charge in [-0.3, -0.25) is 9.89 Å². The Bertz CT molecular complexity index is 773. The molecule has 0 aliphatic carbocycles. The number of H-pyrrole nitrogens is 1. The summed E-state index contributed by atoms with van der Waals surface area (Å²) in [6.07, 6.45) is 3.14. The molecule has 24 heavy (non-hydrogen) atoms. The van der Waals surface area contributed by atoms with E-state index in [2.05, 4.69) is 21.3 Å². The predicted octanol–water partition coefficient (Wildman–Crippen LogP) is 1.98. The van der Waals surface area contributed by atoms with Crippen LogP contribution in [0.5, 0.6) is 5.88 Å². The number of hydrogen-bond acceptors (Lipinski definition) is 5. The number of aromatic nitrogens is 3. The third kappa shape index (κ3) is 3.23. The number of amides is 1. The minimum absolute atomic E-state index is 0.0224. The second-order valence-electron chi connectivity index (χ2n) is 5.94. The van der Waals surface area contributed by atoms with Gasteiger partial charge < -0.3 is 9.64 Å². The van der Waals surface area contributed by atoms with Crippen molar-refractivity contribution >= 4 is 5.91 Å². The van der Waals surface area contributed by atoms with Crippen LogP contribution in [0.4, 0.5) is 0 Å². The van der Waals surface area contributed by atoms with Gasteiger partial charge in [0.15, 0.2) is 0 Å². The molecule has 1 fully saturated rings. The molecule has 7 heteroatoms. The minimum atomic E-state index is -0.128. The maximum Gasteiger partial charge on any atom is 0.257 e. The lowest BCUT2D eigenvalue weighted by atomic mass is 10.1. The molecule has 7 nitrogen and oxygen atoms in total. The summed E-state index contributed by atoms with van der Waals surface area (Å²) in [4.78, 5) is 18.7. The molecule has 0 aromatic carbocycles. The number of piperidine rings is 1. The summed E-state index contributed by atoms with van der Waals surface area (Å²) in [5, 5.41) is 15.9. The van der Waals surface area contributed by atoms with Gasteiger partial charge in [0, 0.05) is 24.5 Å². The fourth-order valence-corrected chi connectivity index (χ4v) is 2.96. The third-order valence-corrected chi connectivity index (χ3v) is 4.16. The molecule has 3 heterocycles. The summed E-state index contributed by atoms with van der Waals surface area (Å²) in [7, 11) is 0. The van der Waals surface area contributed by atoms with E-state index in [4.69, 9.17) is 10.00 Å². The lowest BCUT2D eigenvalue weighted by Gasteiger charge is -2.32. The summed E-state index contributed by atoms with van der Waals surface area (Å²) >= 11 is 0. The highest BCUT2D eigenvalue weighted by atomic mass is 16.5. The number of nitrogens with one attached hydrogen (secondary N) is 1. The first-order valence-corrected chi connectivity index (χ1v) is 7.92. The molecule has 0 spiro atoms. The van der Waals surface area contributed by atoms with E-state index in [1.54, 1.807) is 23.2 Å². The number of nitrogens with zero attached hydrogens (tertiary/aromatic N) is 4. The Labute approximate surface area is 140 Å². The van der Waals surface area contributed by atoms with Crippen LogP contribution in [0.3, 0.4) is 0 Å². The van der Waals surface area contributed by atoms with E-state index in [1.165, 1.54) is 0 Å². The fraction of sp³-hybridized carbons (Fsp3) is 0.412. The number of ether oxygens (including phenoxy) is 1. The summed E-state index contributed by atoms with van der Waals surface area (Å²) in [6, 6.07) is 5.32. The minimum Gasteiger partial charge on any atom is -0.472 e. The Hall–Kier alpha value is -2.88. The highest BCUT2D eigenvalue weighted by molar-refractivity contribution is 5.96. The van der Waals surface area contributed by atoms with Crippen molar-refractivity contribution in [3.05, 3.63) is 40.8 Å². The molecule has 0 bridgehead atoms. The molecule has 0 saturated carbocycles. The lowest BCUT2D eigenvalue weighted by Crippen LogP contribution is -2.44. The van der Waals surface area contributed by atoms with Crippen molar-refractivity contribution in [2.45, 2.75) is 32.8 Å². The van der Waals surface area contributed by atoms with Gasteiger partial charge in [0.25, 0.3) is 5.91 Å². The monoisotopic (exact) mass is 325 g/mol. The molecule has 2 aromatic heterocycles. The van der Waals surface area contributed by atoms with Gasteiger partial charge in [-0.15, -0.1) is 0 Å². The van der Waals surface area contributed by atoms with Crippen LogP contribution in [-0.4, -0.2) is 45.2 Å². The van der Waals surface area contributed by atoms with Gasteiger partial charge in [0.05, 0.1) is 29.4 Å². The number of nitriles is 1. The van der Waals surface area contributed by atoms with Crippen molar-refractivity contribution in [3.8, 4) is 11.9 Å². The fourth-order valence-electron chi connectivity index (χ4n) is 2.96. The predicted molar refractivity (Wildman–Crippen MR) is 86.6 cm³/mol. The maximum atomic E-state index is 12.8. The Morgan fingerprint density at radius 2 is 2.33 bits per heavy atom. The number of rotatable bonds is 3. The first-order chi connectivity index (χ1) is 11.6. The standard InChI is InChI=1S/C17H19N5O2/c1-11-16(12(2)21-20-11)17(23)22-7-3-4-14(10-22)24-15-8-13(9-18)5-6-19-15/h5-6,8,14H,3-4,7,10H2,1-2H3,(H,20,21)/t14-/m1/s1. The molecular formula is C17H19N5O2. The zero-order chi connectivity index (χ0) is 17.1. The van der Waals surface area contributed by atoms with Crippen LogP contribution in [0.15, 0.2) is 18.3 Å². The average molecular weight is 325 g/mol. The number of carbonyl (C=O) groups is 1. The van der Waals surface area contributed by atoms with Gasteiger partial charge in [0.2, 0.25) is 5.88 Å². The summed E-state index contributed by atoms with van der Waals surface area (Å²) in [5.41, 5.74) is 2.64. The number of aryl methyl sites for hydroxylation is 2. The van der Waals surface area contributed by atoms with Crippen molar-refractivity contribution in [2.24, 2.45) is 0 Å². The molecule has 1 N–H and O–H groups in total. The first kappa shape index (κ1) is 16.0. The van der Waals surface area contributed by atoms with Crippen LogP contribution >= 0.6 is 0 Å². The zero-order valence-electron chi connectivity index (χ0n) is 13.7. The van der Waals surface area contributed by atoms with E-state index >= 15 is 0 Å². The number of hydrogen-bond donors (Lipinski definition) is 1. The molecule has 1 atom stereocenters. The van der Waals surface area contributed by atoms with Gasteiger partial charge in [0.1, 0.15) is 6.10 Å². The van der Waals surface area contributed by atoms with Crippen LogP contribution in [-0.2, 0) is 0 Å². The van der Waals surface area contributed by atoms with Crippen molar-refractivity contribution in [1.82, 2.24) is 20.1 Å². The number of aromatic amines is 1. The molecule has 1 aliphatic heterocycles. The van der Waals surface area contributed by atoms with Crippen LogP contribution < -0.4 is 4.74 Å². The molecule has 1 amide bonds. The Kier molecular flexibility index (Phi) is 4.47. The number of pyridine rings is 1. The normalized spacial score (nSPS) is 17.4. The van der Waals surface area contributed by atoms with Crippen LogP contribution in [0.2, 0.25) is 0 Å². The SMILES string of the molecule is Cc1n[nH]c(C)c1C(=O)N1CCC[C@@H](Oc2cc(C#N)ccn2)C1. The molecule has 0 unspecified atom stereocenters. The Balaban J connectivity index is 1.70. The highest BCUT2D eigenvalue weighted by Gasteiger charge is 2.28. The van der Waals surface area contributed by atoms with Gasteiger partial charge in [-0.25, -0.2) is 4.98 Å². The first-order valence-electron chi connectivity index (χ1n) is 7.92. The summed E-state index contributed by atoms with van der Waals surface area (Å²) in [5.74, 6) is 0.398. The lowest BCUT2D eigenvalue weighted by molar-refractivity contribution is 0.0526. The van der Waals surface area contributed by atoms with E-state index in [0.717, 1.165) is 18.5 Å². The van der Waals surface area contributed by atoms with Gasteiger partial charge in [-0.05, 0) is 32.8 Å². The number of carbonyl (C=O) groups excluding carboxylic acids is 1. The van der Waals surface area contributed by atoms with Crippen molar-refractivity contribution in [3.63, 3.8) is 0 Å². The molecule has 3 rings (SSSR count). The van der Waals surface area contributed by atoms with Crippen LogP contribution in [0, 0.1) is 25.2 Å². The van der Waals surface area contributed by atoms with Crippen molar-refractivity contribution < 1.29 is 9.53 Å². The summed E-state index contributed by atoms with van der Waals surface area (Å²) in [6.45, 7) is 4.88. The van der Waals surface area contributed by atoms with Crippen LogP contribution in [0.1, 0.15) is 40.2 Å². The van der Waals surface area contributed by atoms with Gasteiger partial charge in [-0.1, -0.05) is 0 Å². The third-order valence-electron chi connectivity index (χ3n) is 4.16. The van der Waals surface area contributed by atoms with E-state index in [9.17, 15) is 4.79 Å².